The van der Waals surface area contributed by atoms with Gasteiger partial charge in [-0.2, -0.15) is 5.10 Å². The van der Waals surface area contributed by atoms with Gasteiger partial charge < -0.3 is 5.32 Å². The third-order valence-electron chi connectivity index (χ3n) is 3.10. The molecule has 1 aromatic heterocycles. The molecule has 0 aliphatic heterocycles. The van der Waals surface area contributed by atoms with Gasteiger partial charge in [0.2, 0.25) is 0 Å². The second kappa shape index (κ2) is 7.00. The molecule has 20 heavy (non-hydrogen) atoms. The summed E-state index contributed by atoms with van der Waals surface area (Å²) < 4.78 is 17.1. The second-order valence-electron chi connectivity index (χ2n) is 4.49. The molecule has 1 aromatic carbocycles. The lowest BCUT2D eigenvalue weighted by atomic mass is 10.0. The van der Waals surface area contributed by atoms with Crippen molar-refractivity contribution >= 4 is 38.5 Å². The molecule has 2 aromatic rings. The van der Waals surface area contributed by atoms with Gasteiger partial charge in [0.1, 0.15) is 5.82 Å². The van der Waals surface area contributed by atoms with Crippen molar-refractivity contribution < 1.29 is 4.39 Å². The van der Waals surface area contributed by atoms with Gasteiger partial charge in [0, 0.05) is 10.1 Å². The summed E-state index contributed by atoms with van der Waals surface area (Å²) in [6.07, 6.45) is 2.82. The van der Waals surface area contributed by atoms with Crippen LogP contribution in [0.25, 0.3) is 0 Å². The second-order valence-corrected chi connectivity index (χ2v) is 6.50. The summed E-state index contributed by atoms with van der Waals surface area (Å²) >= 11 is 5.73. The Hall–Kier alpha value is -0.470. The number of nitrogens with zero attached hydrogens (tertiary/aromatic N) is 2. The Morgan fingerprint density at radius 2 is 2.25 bits per heavy atom. The van der Waals surface area contributed by atoms with Gasteiger partial charge in [0.05, 0.1) is 22.4 Å². The Kier molecular flexibility index (Phi) is 5.57. The molecule has 0 radical (unpaired) electrons. The maximum atomic E-state index is 13.3. The highest BCUT2D eigenvalue weighted by molar-refractivity contribution is 14.1. The van der Waals surface area contributed by atoms with Crippen LogP contribution in [0.4, 0.5) is 4.39 Å². The fourth-order valence-electron chi connectivity index (χ4n) is 2.22. The van der Waals surface area contributed by atoms with E-state index in [1.54, 1.807) is 6.07 Å². The average molecular weight is 452 g/mol. The molecule has 108 valence electrons. The number of nitrogens with one attached hydrogen (secondary N) is 1. The van der Waals surface area contributed by atoms with Crippen LogP contribution in [0.2, 0.25) is 0 Å². The number of rotatable bonds is 5. The molecule has 1 atom stereocenters. The van der Waals surface area contributed by atoms with Gasteiger partial charge in [-0.15, -0.1) is 0 Å². The normalized spacial score (nSPS) is 12.7. The number of halogens is 3. The number of hydrogen-bond donors (Lipinski definition) is 1. The molecular weight excluding hydrogens is 436 g/mol. The molecule has 1 heterocycles. The number of benzene rings is 1. The predicted octanol–water partition coefficient (Wildman–Crippen LogP) is 4.11. The van der Waals surface area contributed by atoms with Crippen LogP contribution in [-0.2, 0) is 6.54 Å². The zero-order valence-electron chi connectivity index (χ0n) is 11.3. The van der Waals surface area contributed by atoms with Crippen molar-refractivity contribution in [2.75, 3.05) is 7.05 Å². The fraction of sp³-hybridized carbons (Fsp3) is 0.357. The molecule has 0 aliphatic rings. The molecule has 0 amide bonds. The van der Waals surface area contributed by atoms with Crippen LogP contribution >= 0.6 is 38.5 Å². The number of aryl methyl sites for hydroxylation is 1. The molecule has 3 nitrogen and oxygen atoms in total. The minimum atomic E-state index is -0.214. The van der Waals surface area contributed by atoms with Gasteiger partial charge in [-0.1, -0.05) is 13.0 Å². The molecule has 1 N–H and O–H groups in total. The fourth-order valence-corrected chi connectivity index (χ4v) is 3.54. The maximum Gasteiger partial charge on any atom is 0.124 e. The van der Waals surface area contributed by atoms with Crippen LogP contribution in [0, 0.1) is 9.39 Å². The zero-order valence-corrected chi connectivity index (χ0v) is 15.1. The summed E-state index contributed by atoms with van der Waals surface area (Å²) in [5.74, 6) is -0.214. The van der Waals surface area contributed by atoms with E-state index in [4.69, 9.17) is 0 Å². The van der Waals surface area contributed by atoms with E-state index in [0.29, 0.717) is 0 Å². The van der Waals surface area contributed by atoms with Crippen molar-refractivity contribution in [3.63, 3.8) is 0 Å². The van der Waals surface area contributed by atoms with Crippen LogP contribution in [-0.4, -0.2) is 16.8 Å². The van der Waals surface area contributed by atoms with E-state index in [2.05, 4.69) is 55.9 Å². The maximum absolute atomic E-state index is 13.3. The molecule has 0 aliphatic carbocycles. The van der Waals surface area contributed by atoms with Crippen LogP contribution in [0.3, 0.4) is 0 Å². The first-order valence-corrected chi connectivity index (χ1v) is 8.29. The lowest BCUT2D eigenvalue weighted by molar-refractivity contribution is 0.531. The van der Waals surface area contributed by atoms with Crippen LogP contribution in [0.1, 0.15) is 30.6 Å². The monoisotopic (exact) mass is 451 g/mol. The highest BCUT2D eigenvalue weighted by atomic mass is 127. The van der Waals surface area contributed by atoms with Gasteiger partial charge in [0.15, 0.2) is 0 Å². The summed E-state index contributed by atoms with van der Waals surface area (Å²) in [6.45, 7) is 2.98. The van der Waals surface area contributed by atoms with Crippen molar-refractivity contribution in [3.8, 4) is 0 Å². The van der Waals surface area contributed by atoms with Gasteiger partial charge >= 0.3 is 0 Å². The van der Waals surface area contributed by atoms with E-state index < -0.39 is 0 Å². The quantitative estimate of drug-likeness (QED) is 0.693. The first-order chi connectivity index (χ1) is 9.58. The van der Waals surface area contributed by atoms with E-state index in [1.165, 1.54) is 6.07 Å². The lowest BCUT2D eigenvalue weighted by Gasteiger charge is -2.20. The Morgan fingerprint density at radius 1 is 1.50 bits per heavy atom. The highest BCUT2D eigenvalue weighted by Gasteiger charge is 2.22. The van der Waals surface area contributed by atoms with Gasteiger partial charge in [-0.25, -0.2) is 4.39 Å². The summed E-state index contributed by atoms with van der Waals surface area (Å²) in [5.41, 5.74) is 2.12. The number of hydrogen-bond acceptors (Lipinski definition) is 2. The highest BCUT2D eigenvalue weighted by Crippen LogP contribution is 2.31. The van der Waals surface area contributed by atoms with E-state index in [0.717, 1.165) is 32.3 Å². The largest absolute Gasteiger partial charge is 0.308 e. The smallest absolute Gasteiger partial charge is 0.124 e. The van der Waals surface area contributed by atoms with E-state index in [-0.39, 0.29) is 11.9 Å². The third kappa shape index (κ3) is 3.23. The topological polar surface area (TPSA) is 29.9 Å². The molecule has 0 spiro atoms. The van der Waals surface area contributed by atoms with Crippen molar-refractivity contribution in [3.05, 3.63) is 49.5 Å². The molecule has 1 unspecified atom stereocenters. The summed E-state index contributed by atoms with van der Waals surface area (Å²) in [7, 11) is 1.90. The Labute approximate surface area is 140 Å². The summed E-state index contributed by atoms with van der Waals surface area (Å²) in [5, 5.41) is 7.70. The SMILES string of the molecule is CCCn1ncc(Br)c1C(NC)c1ccc(F)cc1I. The Bertz CT molecular complexity index is 600. The predicted molar refractivity (Wildman–Crippen MR) is 90.2 cm³/mol. The third-order valence-corrected chi connectivity index (χ3v) is 4.65. The first-order valence-electron chi connectivity index (χ1n) is 6.41. The van der Waals surface area contributed by atoms with Crippen LogP contribution in [0.15, 0.2) is 28.9 Å². The minimum absolute atomic E-state index is 0.0223. The Morgan fingerprint density at radius 3 is 2.85 bits per heavy atom. The van der Waals surface area contributed by atoms with E-state index >= 15 is 0 Å². The molecule has 0 fully saturated rings. The molecule has 2 rings (SSSR count). The average Bonchev–Trinajstić information content (AvgIpc) is 2.75. The molecule has 0 bridgehead atoms. The van der Waals surface area contributed by atoms with Crippen LogP contribution < -0.4 is 5.32 Å². The van der Waals surface area contributed by atoms with Gasteiger partial charge in [-0.05, 0) is 69.7 Å². The lowest BCUT2D eigenvalue weighted by Crippen LogP contribution is -2.23. The van der Waals surface area contributed by atoms with Crippen molar-refractivity contribution in [2.45, 2.75) is 25.9 Å². The first kappa shape index (κ1) is 15.9. The standard InChI is InChI=1S/C14H16BrFIN3/c1-3-6-20-14(11(15)8-19-20)13(18-2)10-5-4-9(16)7-12(10)17/h4-5,7-8,13,18H,3,6H2,1-2H3. The number of aromatic nitrogens is 2. The zero-order chi connectivity index (χ0) is 14.7. The van der Waals surface area contributed by atoms with Gasteiger partial charge in [0.25, 0.3) is 0 Å². The molecular formula is C14H16BrFIN3. The van der Waals surface area contributed by atoms with E-state index in [1.807, 2.05) is 24.0 Å². The van der Waals surface area contributed by atoms with Crippen molar-refractivity contribution in [1.82, 2.24) is 15.1 Å². The van der Waals surface area contributed by atoms with E-state index in [9.17, 15) is 4.39 Å². The summed E-state index contributed by atoms with van der Waals surface area (Å²) in [6, 6.07) is 4.85. The minimum Gasteiger partial charge on any atom is -0.308 e. The van der Waals surface area contributed by atoms with Crippen molar-refractivity contribution in [2.24, 2.45) is 0 Å². The van der Waals surface area contributed by atoms with Gasteiger partial charge in [-0.3, -0.25) is 4.68 Å². The molecule has 0 saturated heterocycles. The molecule has 0 saturated carbocycles. The summed E-state index contributed by atoms with van der Waals surface area (Å²) in [4.78, 5) is 0. The van der Waals surface area contributed by atoms with Crippen LogP contribution in [0.5, 0.6) is 0 Å². The molecule has 6 heteroatoms. The van der Waals surface area contributed by atoms with Crippen molar-refractivity contribution in [1.29, 1.82) is 0 Å². The Balaban J connectivity index is 2.49.